The molecule has 1 aromatic carbocycles. The van der Waals surface area contributed by atoms with Crippen LogP contribution in [-0.2, 0) is 9.53 Å². The molecule has 0 saturated carbocycles. The van der Waals surface area contributed by atoms with Crippen LogP contribution in [0.15, 0.2) is 29.3 Å². The van der Waals surface area contributed by atoms with Gasteiger partial charge in [0.05, 0.1) is 25.1 Å². The van der Waals surface area contributed by atoms with Crippen LogP contribution in [0, 0.1) is 5.92 Å². The van der Waals surface area contributed by atoms with Crippen molar-refractivity contribution in [2.45, 2.75) is 19.8 Å². The topological polar surface area (TPSA) is 103 Å². The summed E-state index contributed by atoms with van der Waals surface area (Å²) in [5.41, 5.74) is 0.248. The zero-order chi connectivity index (χ0) is 19.6. The van der Waals surface area contributed by atoms with Crippen molar-refractivity contribution in [3.05, 3.63) is 29.8 Å². The highest BCUT2D eigenvalue weighted by Gasteiger charge is 2.26. The molecule has 0 aliphatic carbocycles. The largest absolute Gasteiger partial charge is 0.507 e. The van der Waals surface area contributed by atoms with Gasteiger partial charge in [0.15, 0.2) is 5.96 Å². The lowest BCUT2D eigenvalue weighted by atomic mass is 9.97. The van der Waals surface area contributed by atoms with E-state index >= 15 is 0 Å². The zero-order valence-corrected chi connectivity index (χ0v) is 18.6. The number of piperidine rings is 1. The van der Waals surface area contributed by atoms with E-state index in [1.54, 1.807) is 18.2 Å². The number of likely N-dealkylation sites (tertiary alicyclic amines) is 1. The Labute approximate surface area is 182 Å². The Morgan fingerprint density at radius 3 is 2.54 bits per heavy atom. The SMILES string of the molecule is CCNC(=NCCNC(=O)c1ccccc1O)N1CCC(C(=O)OC)CC1.I. The molecule has 0 unspecified atom stereocenters. The summed E-state index contributed by atoms with van der Waals surface area (Å²) in [6.45, 7) is 4.97. The molecule has 1 aromatic rings. The summed E-state index contributed by atoms with van der Waals surface area (Å²) in [6.07, 6.45) is 1.47. The molecule has 0 radical (unpaired) electrons. The van der Waals surface area contributed by atoms with Gasteiger partial charge in [-0.1, -0.05) is 12.1 Å². The Kier molecular flexibility index (Phi) is 10.6. The minimum Gasteiger partial charge on any atom is -0.507 e. The second-order valence-electron chi connectivity index (χ2n) is 6.29. The van der Waals surface area contributed by atoms with Crippen LogP contribution in [0.5, 0.6) is 5.75 Å². The van der Waals surface area contributed by atoms with Gasteiger partial charge in [0.1, 0.15) is 5.75 Å². The van der Waals surface area contributed by atoms with E-state index in [0.29, 0.717) is 13.1 Å². The molecule has 1 heterocycles. The van der Waals surface area contributed by atoms with E-state index < -0.39 is 0 Å². The standard InChI is InChI=1S/C19H28N4O4.HI/c1-3-20-19(23-12-8-14(9-13-23)18(26)27-2)22-11-10-21-17(25)15-6-4-5-7-16(15)24;/h4-7,14,24H,3,8-13H2,1-2H3,(H,20,22)(H,21,25);1H. The minimum absolute atomic E-state index is 0. The number of phenols is 1. The molecule has 0 aromatic heterocycles. The van der Waals surface area contributed by atoms with Crippen LogP contribution in [0.2, 0.25) is 0 Å². The summed E-state index contributed by atoms with van der Waals surface area (Å²) in [6, 6.07) is 6.42. The summed E-state index contributed by atoms with van der Waals surface area (Å²) in [5, 5.41) is 15.7. The average Bonchev–Trinajstić information content (AvgIpc) is 2.70. The number of methoxy groups -OCH3 is 1. The molecule has 1 saturated heterocycles. The van der Waals surface area contributed by atoms with E-state index in [0.717, 1.165) is 38.4 Å². The lowest BCUT2D eigenvalue weighted by Crippen LogP contribution is -2.47. The highest BCUT2D eigenvalue weighted by atomic mass is 127. The van der Waals surface area contributed by atoms with E-state index in [1.165, 1.54) is 13.2 Å². The number of aromatic hydroxyl groups is 1. The Morgan fingerprint density at radius 2 is 1.93 bits per heavy atom. The summed E-state index contributed by atoms with van der Waals surface area (Å²) >= 11 is 0. The maximum Gasteiger partial charge on any atom is 0.308 e. The number of nitrogens with one attached hydrogen (secondary N) is 2. The normalized spacial score (nSPS) is 14.8. The monoisotopic (exact) mass is 504 g/mol. The molecule has 0 spiro atoms. The Morgan fingerprint density at radius 1 is 1.25 bits per heavy atom. The second kappa shape index (κ2) is 12.4. The fraction of sp³-hybridized carbons (Fsp3) is 0.526. The molecule has 0 atom stereocenters. The highest BCUT2D eigenvalue weighted by molar-refractivity contribution is 14.0. The first-order valence-electron chi connectivity index (χ1n) is 9.24. The first-order chi connectivity index (χ1) is 13.1. The van der Waals surface area contributed by atoms with Gasteiger partial charge in [-0.3, -0.25) is 14.6 Å². The Bertz CT molecular complexity index is 676. The fourth-order valence-electron chi connectivity index (χ4n) is 3.01. The summed E-state index contributed by atoms with van der Waals surface area (Å²) in [7, 11) is 1.42. The highest BCUT2D eigenvalue weighted by Crippen LogP contribution is 2.18. The third-order valence-electron chi connectivity index (χ3n) is 4.47. The molecule has 1 fully saturated rings. The van der Waals surface area contributed by atoms with Gasteiger partial charge < -0.3 is 25.4 Å². The first kappa shape index (κ1) is 24.0. The molecular formula is C19H29IN4O4. The summed E-state index contributed by atoms with van der Waals surface area (Å²) in [5.74, 6) is 0.209. The fourth-order valence-corrected chi connectivity index (χ4v) is 3.01. The van der Waals surface area contributed by atoms with Crippen molar-refractivity contribution in [3.8, 4) is 5.75 Å². The van der Waals surface area contributed by atoms with Crippen LogP contribution in [0.4, 0.5) is 0 Å². The number of halogens is 1. The Hall–Kier alpha value is -2.04. The molecule has 28 heavy (non-hydrogen) atoms. The number of carbonyl (C=O) groups is 2. The van der Waals surface area contributed by atoms with E-state index in [1.807, 2.05) is 6.92 Å². The van der Waals surface area contributed by atoms with Crippen LogP contribution >= 0.6 is 24.0 Å². The number of hydrogen-bond acceptors (Lipinski definition) is 5. The lowest BCUT2D eigenvalue weighted by Gasteiger charge is -2.33. The van der Waals surface area contributed by atoms with Crippen molar-refractivity contribution in [2.24, 2.45) is 10.9 Å². The molecular weight excluding hydrogens is 475 g/mol. The van der Waals surface area contributed by atoms with Crippen molar-refractivity contribution in [3.63, 3.8) is 0 Å². The molecule has 1 aliphatic rings. The molecule has 8 nitrogen and oxygen atoms in total. The number of ether oxygens (including phenoxy) is 1. The quantitative estimate of drug-likeness (QED) is 0.179. The number of guanidine groups is 1. The molecule has 1 aliphatic heterocycles. The molecule has 1 amide bonds. The van der Waals surface area contributed by atoms with Gasteiger partial charge in [-0.25, -0.2) is 0 Å². The van der Waals surface area contributed by atoms with Crippen molar-refractivity contribution in [2.75, 3.05) is 39.8 Å². The van der Waals surface area contributed by atoms with Gasteiger partial charge in [-0.15, -0.1) is 24.0 Å². The number of para-hydroxylation sites is 1. The van der Waals surface area contributed by atoms with Crippen LogP contribution in [0.3, 0.4) is 0 Å². The molecule has 0 bridgehead atoms. The molecule has 156 valence electrons. The third-order valence-corrected chi connectivity index (χ3v) is 4.47. The van der Waals surface area contributed by atoms with E-state index in [2.05, 4.69) is 20.5 Å². The average molecular weight is 504 g/mol. The van der Waals surface area contributed by atoms with Crippen molar-refractivity contribution in [1.82, 2.24) is 15.5 Å². The van der Waals surface area contributed by atoms with E-state index in [-0.39, 0.29) is 53.1 Å². The summed E-state index contributed by atoms with van der Waals surface area (Å²) in [4.78, 5) is 30.4. The lowest BCUT2D eigenvalue weighted by molar-refractivity contribution is -0.146. The smallest absolute Gasteiger partial charge is 0.308 e. The number of amides is 1. The molecule has 3 N–H and O–H groups in total. The van der Waals surface area contributed by atoms with Crippen molar-refractivity contribution < 1.29 is 19.4 Å². The number of benzene rings is 1. The number of hydrogen-bond donors (Lipinski definition) is 3. The second-order valence-corrected chi connectivity index (χ2v) is 6.29. The minimum atomic E-state index is -0.327. The van der Waals surface area contributed by atoms with Crippen molar-refractivity contribution in [1.29, 1.82) is 0 Å². The van der Waals surface area contributed by atoms with E-state index in [4.69, 9.17) is 4.74 Å². The van der Waals surface area contributed by atoms with Crippen LogP contribution in [-0.4, -0.2) is 67.7 Å². The molecule has 2 rings (SSSR count). The van der Waals surface area contributed by atoms with Gasteiger partial charge in [-0.2, -0.15) is 0 Å². The summed E-state index contributed by atoms with van der Waals surface area (Å²) < 4.78 is 4.82. The number of rotatable bonds is 6. The van der Waals surface area contributed by atoms with Gasteiger partial charge in [0, 0.05) is 26.2 Å². The predicted molar refractivity (Wildman–Crippen MR) is 118 cm³/mol. The third kappa shape index (κ3) is 6.84. The maximum atomic E-state index is 12.1. The van der Waals surface area contributed by atoms with E-state index in [9.17, 15) is 14.7 Å². The predicted octanol–water partition coefficient (Wildman–Crippen LogP) is 1.59. The number of phenolic OH excluding ortho intramolecular Hbond substituents is 1. The van der Waals surface area contributed by atoms with Crippen molar-refractivity contribution >= 4 is 41.8 Å². The van der Waals surface area contributed by atoms with Crippen LogP contribution in [0.1, 0.15) is 30.1 Å². The van der Waals surface area contributed by atoms with Gasteiger partial charge in [-0.05, 0) is 31.9 Å². The number of esters is 1. The molecule has 9 heteroatoms. The van der Waals surface area contributed by atoms with Gasteiger partial charge in [0.25, 0.3) is 5.91 Å². The van der Waals surface area contributed by atoms with Gasteiger partial charge >= 0.3 is 5.97 Å². The van der Waals surface area contributed by atoms with Crippen LogP contribution < -0.4 is 10.6 Å². The maximum absolute atomic E-state index is 12.1. The van der Waals surface area contributed by atoms with Crippen LogP contribution in [0.25, 0.3) is 0 Å². The Balaban J connectivity index is 0.00000392. The number of carbonyl (C=O) groups excluding carboxylic acids is 2. The zero-order valence-electron chi connectivity index (χ0n) is 16.3. The van der Waals surface area contributed by atoms with Gasteiger partial charge in [0.2, 0.25) is 0 Å². The number of nitrogens with zero attached hydrogens (tertiary/aromatic N) is 2. The first-order valence-corrected chi connectivity index (χ1v) is 9.24. The number of aliphatic imine (C=N–C) groups is 1.